The lowest BCUT2D eigenvalue weighted by Crippen LogP contribution is -2.37. The zero-order valence-electron chi connectivity index (χ0n) is 13.9. The molecule has 2 N–H and O–H groups in total. The third-order valence-electron chi connectivity index (χ3n) is 5.55. The first-order valence-electron chi connectivity index (χ1n) is 8.58. The van der Waals surface area contributed by atoms with E-state index in [9.17, 15) is 19.8 Å². The molecule has 26 heavy (non-hydrogen) atoms. The molecule has 0 saturated carbocycles. The number of hydrogen-bond donors (Lipinski definition) is 2. The minimum atomic E-state index is -0.829. The van der Waals surface area contributed by atoms with Crippen LogP contribution in [-0.2, 0) is 22.3 Å². The number of phenolic OH excluding ortho intramolecular Hbond substituents is 2. The van der Waals surface area contributed by atoms with Gasteiger partial charge < -0.3 is 19.7 Å². The molecule has 0 bridgehead atoms. The minimum absolute atomic E-state index is 0.103. The predicted molar refractivity (Wildman–Crippen MR) is 89.7 cm³/mol. The molecule has 2 aliphatic carbocycles. The summed E-state index contributed by atoms with van der Waals surface area (Å²) < 4.78 is 11.4. The first kappa shape index (κ1) is 15.5. The molecule has 6 nitrogen and oxygen atoms in total. The van der Waals surface area contributed by atoms with Crippen LogP contribution in [0.3, 0.4) is 0 Å². The quantitative estimate of drug-likeness (QED) is 0.602. The molecule has 1 heterocycles. The maximum Gasteiger partial charge on any atom is 0.198 e. The summed E-state index contributed by atoms with van der Waals surface area (Å²) in [5.74, 6) is -2.20. The van der Waals surface area contributed by atoms with Gasteiger partial charge in [0.05, 0.1) is 24.3 Å². The predicted octanol–water partition coefficient (Wildman–Crippen LogP) is 2.10. The van der Waals surface area contributed by atoms with Gasteiger partial charge in [-0.1, -0.05) is 24.3 Å². The van der Waals surface area contributed by atoms with E-state index in [1.807, 2.05) is 0 Å². The number of carbonyl (C=O) groups is 2. The van der Waals surface area contributed by atoms with Crippen LogP contribution < -0.4 is 0 Å². The molecule has 1 fully saturated rings. The SMILES string of the molecule is O=C1c2ccccc2C(=O)c2c(O)c3c(c(O)c21)CCC1(C3)OCCO1. The third kappa shape index (κ3) is 1.88. The second-order valence-corrected chi connectivity index (χ2v) is 6.89. The topological polar surface area (TPSA) is 93.1 Å². The van der Waals surface area contributed by atoms with Gasteiger partial charge in [-0.2, -0.15) is 0 Å². The van der Waals surface area contributed by atoms with Crippen LogP contribution in [0.15, 0.2) is 24.3 Å². The number of ether oxygens (including phenoxy) is 2. The van der Waals surface area contributed by atoms with Gasteiger partial charge in [0, 0.05) is 35.1 Å². The first-order valence-corrected chi connectivity index (χ1v) is 8.58. The number of fused-ring (bicyclic) bond motifs is 3. The summed E-state index contributed by atoms with van der Waals surface area (Å²) >= 11 is 0. The number of ketones is 2. The smallest absolute Gasteiger partial charge is 0.198 e. The zero-order chi connectivity index (χ0) is 18.1. The Balaban J connectivity index is 1.75. The fourth-order valence-electron chi connectivity index (χ4n) is 4.29. The van der Waals surface area contributed by atoms with Crippen LogP contribution in [-0.4, -0.2) is 40.8 Å². The largest absolute Gasteiger partial charge is 0.507 e. The van der Waals surface area contributed by atoms with E-state index in [0.29, 0.717) is 37.2 Å². The van der Waals surface area contributed by atoms with Crippen molar-refractivity contribution in [3.63, 3.8) is 0 Å². The number of aromatic hydroxyl groups is 2. The minimum Gasteiger partial charge on any atom is -0.507 e. The maximum atomic E-state index is 12.9. The molecule has 6 heteroatoms. The summed E-state index contributed by atoms with van der Waals surface area (Å²) in [5.41, 5.74) is 1.17. The Kier molecular flexibility index (Phi) is 3.08. The molecule has 0 unspecified atom stereocenters. The second kappa shape index (κ2) is 5.16. The van der Waals surface area contributed by atoms with Crippen LogP contribution in [0.5, 0.6) is 11.5 Å². The Morgan fingerprint density at radius 3 is 1.96 bits per heavy atom. The normalized spacial score (nSPS) is 20.0. The molecule has 132 valence electrons. The Morgan fingerprint density at radius 1 is 0.846 bits per heavy atom. The molecule has 0 aromatic heterocycles. The molecule has 5 rings (SSSR count). The Hall–Kier alpha value is -2.70. The fourth-order valence-corrected chi connectivity index (χ4v) is 4.29. The lowest BCUT2D eigenvalue weighted by Gasteiger charge is -2.35. The van der Waals surface area contributed by atoms with Crippen LogP contribution in [0.4, 0.5) is 0 Å². The van der Waals surface area contributed by atoms with Crippen molar-refractivity contribution < 1.29 is 29.3 Å². The number of carbonyl (C=O) groups excluding carboxylic acids is 2. The van der Waals surface area contributed by atoms with E-state index < -0.39 is 17.4 Å². The van der Waals surface area contributed by atoms with Crippen LogP contribution in [0.2, 0.25) is 0 Å². The Morgan fingerprint density at radius 2 is 1.38 bits per heavy atom. The average molecular weight is 352 g/mol. The van der Waals surface area contributed by atoms with Gasteiger partial charge in [-0.25, -0.2) is 0 Å². The van der Waals surface area contributed by atoms with Crippen LogP contribution in [0.25, 0.3) is 0 Å². The van der Waals surface area contributed by atoms with Crippen molar-refractivity contribution in [2.24, 2.45) is 0 Å². The lowest BCUT2D eigenvalue weighted by atomic mass is 9.77. The van der Waals surface area contributed by atoms with E-state index in [1.165, 1.54) is 0 Å². The highest BCUT2D eigenvalue weighted by Gasteiger charge is 2.45. The zero-order valence-corrected chi connectivity index (χ0v) is 13.9. The first-order chi connectivity index (χ1) is 12.5. The van der Waals surface area contributed by atoms with Crippen molar-refractivity contribution in [2.45, 2.75) is 25.0 Å². The van der Waals surface area contributed by atoms with Crippen LogP contribution >= 0.6 is 0 Å². The van der Waals surface area contributed by atoms with Crippen molar-refractivity contribution in [3.8, 4) is 11.5 Å². The van der Waals surface area contributed by atoms with E-state index in [0.717, 1.165) is 0 Å². The Labute approximate surface area is 149 Å². The van der Waals surface area contributed by atoms with E-state index in [-0.39, 0.29) is 40.2 Å². The molecule has 2 aromatic carbocycles. The molecular formula is C20H16O6. The number of hydrogen-bond acceptors (Lipinski definition) is 6. The monoisotopic (exact) mass is 352 g/mol. The van der Waals surface area contributed by atoms with Gasteiger partial charge in [-0.15, -0.1) is 0 Å². The summed E-state index contributed by atoms with van der Waals surface area (Å²) in [5, 5.41) is 21.7. The molecule has 0 radical (unpaired) electrons. The molecule has 1 saturated heterocycles. The van der Waals surface area contributed by atoms with Gasteiger partial charge in [0.2, 0.25) is 0 Å². The summed E-state index contributed by atoms with van der Waals surface area (Å²) in [6.45, 7) is 0.940. The van der Waals surface area contributed by atoms with Gasteiger partial charge >= 0.3 is 0 Å². The van der Waals surface area contributed by atoms with Crippen molar-refractivity contribution >= 4 is 11.6 Å². The van der Waals surface area contributed by atoms with Crippen LogP contribution in [0.1, 0.15) is 49.4 Å². The summed E-state index contributed by atoms with van der Waals surface area (Å²) in [6, 6.07) is 6.45. The molecular weight excluding hydrogens is 336 g/mol. The lowest BCUT2D eigenvalue weighted by molar-refractivity contribution is -0.164. The molecule has 2 aromatic rings. The van der Waals surface area contributed by atoms with Crippen molar-refractivity contribution in [1.29, 1.82) is 0 Å². The standard InChI is InChI=1S/C20H16O6/c21-16-10-3-1-2-4-11(10)17(22)15-14(16)18(23)12-5-6-20(25-7-8-26-20)9-13(12)19(15)24/h1-4,23-24H,5-9H2. The van der Waals surface area contributed by atoms with Gasteiger partial charge in [0.15, 0.2) is 17.4 Å². The Bertz CT molecular complexity index is 984. The molecule has 0 atom stereocenters. The van der Waals surface area contributed by atoms with E-state index in [2.05, 4.69) is 0 Å². The van der Waals surface area contributed by atoms with Crippen molar-refractivity contribution in [1.82, 2.24) is 0 Å². The van der Waals surface area contributed by atoms with E-state index in [4.69, 9.17) is 9.47 Å². The second-order valence-electron chi connectivity index (χ2n) is 6.89. The highest BCUT2D eigenvalue weighted by Crippen LogP contribution is 2.48. The van der Waals surface area contributed by atoms with Gasteiger partial charge in [-0.05, 0) is 6.42 Å². The van der Waals surface area contributed by atoms with Crippen molar-refractivity contribution in [2.75, 3.05) is 13.2 Å². The van der Waals surface area contributed by atoms with E-state index in [1.54, 1.807) is 24.3 Å². The molecule has 1 aliphatic heterocycles. The highest BCUT2D eigenvalue weighted by atomic mass is 16.7. The highest BCUT2D eigenvalue weighted by molar-refractivity contribution is 6.30. The van der Waals surface area contributed by atoms with Gasteiger partial charge in [0.25, 0.3) is 0 Å². The van der Waals surface area contributed by atoms with Crippen molar-refractivity contribution in [3.05, 3.63) is 57.6 Å². The number of rotatable bonds is 0. The van der Waals surface area contributed by atoms with Gasteiger partial charge in [0.1, 0.15) is 11.5 Å². The third-order valence-corrected chi connectivity index (χ3v) is 5.55. The summed E-state index contributed by atoms with van der Waals surface area (Å²) in [6.07, 6.45) is 1.15. The number of phenols is 2. The molecule has 0 amide bonds. The maximum absolute atomic E-state index is 12.9. The van der Waals surface area contributed by atoms with E-state index >= 15 is 0 Å². The van der Waals surface area contributed by atoms with Crippen LogP contribution in [0, 0.1) is 0 Å². The van der Waals surface area contributed by atoms with Gasteiger partial charge in [-0.3, -0.25) is 9.59 Å². The number of benzene rings is 2. The summed E-state index contributed by atoms with van der Waals surface area (Å²) in [7, 11) is 0. The summed E-state index contributed by atoms with van der Waals surface area (Å²) in [4.78, 5) is 25.8. The molecule has 3 aliphatic rings. The fraction of sp³-hybridized carbons (Fsp3) is 0.300. The average Bonchev–Trinajstić information content (AvgIpc) is 3.10. The molecule has 1 spiro atoms.